The minimum atomic E-state index is -0.240. The first-order chi connectivity index (χ1) is 13.5. The van der Waals surface area contributed by atoms with Gasteiger partial charge >= 0.3 is 0 Å². The van der Waals surface area contributed by atoms with Crippen molar-refractivity contribution >= 4 is 22.7 Å². The molecule has 0 aliphatic rings. The highest BCUT2D eigenvalue weighted by Gasteiger charge is 2.12. The molecule has 0 bridgehead atoms. The summed E-state index contributed by atoms with van der Waals surface area (Å²) in [6.45, 7) is 4.05. The number of H-pyrrole nitrogens is 1. The molecular weight excluding hydrogens is 352 g/mol. The number of ether oxygens (including phenoxy) is 1. The molecule has 0 spiro atoms. The standard InChI is InChI=1S/C22H20N4O2/c1-13-4-9-18(14(2)12-13)24-22-25-20-19(21(27)26-22)17(10-11-23-20)15-5-7-16(28-3)8-6-15/h4-12H,1-3H3,(H2,23,24,25,26,27). The zero-order valence-corrected chi connectivity index (χ0v) is 15.9. The van der Waals surface area contributed by atoms with Crippen molar-refractivity contribution in [2.45, 2.75) is 13.8 Å². The molecule has 0 radical (unpaired) electrons. The second kappa shape index (κ2) is 7.15. The van der Waals surface area contributed by atoms with Crippen molar-refractivity contribution in [3.05, 3.63) is 76.2 Å². The Kier molecular flexibility index (Phi) is 4.53. The number of nitrogens with one attached hydrogen (secondary N) is 2. The summed E-state index contributed by atoms with van der Waals surface area (Å²) in [7, 11) is 1.62. The van der Waals surface area contributed by atoms with Crippen LogP contribution in [0.5, 0.6) is 5.75 Å². The number of benzene rings is 2. The highest BCUT2D eigenvalue weighted by Crippen LogP contribution is 2.27. The number of hydrogen-bond donors (Lipinski definition) is 2. The molecule has 0 aliphatic carbocycles. The third-order valence-corrected chi connectivity index (χ3v) is 4.64. The lowest BCUT2D eigenvalue weighted by molar-refractivity contribution is 0.415. The van der Waals surface area contributed by atoms with E-state index in [2.05, 4.69) is 26.3 Å². The van der Waals surface area contributed by atoms with Crippen LogP contribution in [0.4, 0.5) is 11.6 Å². The fraction of sp³-hybridized carbons (Fsp3) is 0.136. The third-order valence-electron chi connectivity index (χ3n) is 4.64. The van der Waals surface area contributed by atoms with Gasteiger partial charge in [0.25, 0.3) is 5.56 Å². The van der Waals surface area contributed by atoms with Crippen LogP contribution >= 0.6 is 0 Å². The predicted octanol–water partition coefficient (Wildman–Crippen LogP) is 4.35. The Morgan fingerprint density at radius 2 is 1.82 bits per heavy atom. The van der Waals surface area contributed by atoms with Crippen LogP contribution < -0.4 is 15.6 Å². The van der Waals surface area contributed by atoms with E-state index in [1.165, 1.54) is 5.56 Å². The van der Waals surface area contributed by atoms with Gasteiger partial charge in [0.2, 0.25) is 5.95 Å². The third kappa shape index (κ3) is 3.32. The van der Waals surface area contributed by atoms with E-state index >= 15 is 0 Å². The quantitative estimate of drug-likeness (QED) is 0.557. The molecule has 28 heavy (non-hydrogen) atoms. The molecule has 0 amide bonds. The first kappa shape index (κ1) is 17.7. The fourth-order valence-electron chi connectivity index (χ4n) is 3.22. The molecule has 0 saturated carbocycles. The van der Waals surface area contributed by atoms with Crippen molar-refractivity contribution in [1.29, 1.82) is 0 Å². The molecule has 4 aromatic rings. The second-order valence-corrected chi connectivity index (χ2v) is 6.64. The number of methoxy groups -OCH3 is 1. The van der Waals surface area contributed by atoms with Gasteiger partial charge in [-0.25, -0.2) is 4.98 Å². The Hall–Kier alpha value is -3.67. The number of pyridine rings is 1. The van der Waals surface area contributed by atoms with Gasteiger partial charge in [-0.3, -0.25) is 9.78 Å². The van der Waals surface area contributed by atoms with Gasteiger partial charge in [0.05, 0.1) is 12.5 Å². The largest absolute Gasteiger partial charge is 0.497 e. The van der Waals surface area contributed by atoms with Crippen molar-refractivity contribution in [2.24, 2.45) is 0 Å². The number of anilines is 2. The minimum absolute atomic E-state index is 0.240. The van der Waals surface area contributed by atoms with Crippen LogP contribution in [0.1, 0.15) is 11.1 Å². The number of nitrogens with zero attached hydrogens (tertiary/aromatic N) is 2. The molecular formula is C22H20N4O2. The lowest BCUT2D eigenvalue weighted by Gasteiger charge is -2.11. The zero-order valence-electron chi connectivity index (χ0n) is 15.9. The number of rotatable bonds is 4. The highest BCUT2D eigenvalue weighted by molar-refractivity contribution is 5.92. The predicted molar refractivity (Wildman–Crippen MR) is 111 cm³/mol. The molecule has 6 nitrogen and oxygen atoms in total. The summed E-state index contributed by atoms with van der Waals surface area (Å²) >= 11 is 0. The molecule has 0 saturated heterocycles. The summed E-state index contributed by atoms with van der Waals surface area (Å²) < 4.78 is 5.20. The van der Waals surface area contributed by atoms with Crippen molar-refractivity contribution < 1.29 is 4.74 Å². The molecule has 2 heterocycles. The van der Waals surface area contributed by atoms with Crippen molar-refractivity contribution in [2.75, 3.05) is 12.4 Å². The Labute approximate surface area is 162 Å². The molecule has 2 aromatic heterocycles. The summed E-state index contributed by atoms with van der Waals surface area (Å²) in [5.41, 5.74) is 4.96. The van der Waals surface area contributed by atoms with Crippen LogP contribution in [0.25, 0.3) is 22.2 Å². The van der Waals surface area contributed by atoms with Crippen molar-refractivity contribution in [3.8, 4) is 16.9 Å². The molecule has 2 N–H and O–H groups in total. The van der Waals surface area contributed by atoms with Gasteiger partial charge in [-0.2, -0.15) is 4.98 Å². The smallest absolute Gasteiger partial charge is 0.262 e. The molecule has 2 aromatic carbocycles. The maximum absolute atomic E-state index is 12.8. The van der Waals surface area contributed by atoms with Gasteiger partial charge in [-0.1, -0.05) is 29.8 Å². The van der Waals surface area contributed by atoms with Gasteiger partial charge in [0, 0.05) is 11.9 Å². The lowest BCUT2D eigenvalue weighted by atomic mass is 10.0. The van der Waals surface area contributed by atoms with Crippen LogP contribution in [-0.2, 0) is 0 Å². The molecule has 140 valence electrons. The summed E-state index contributed by atoms with van der Waals surface area (Å²) in [5.74, 6) is 1.12. The van der Waals surface area contributed by atoms with E-state index < -0.39 is 0 Å². The van der Waals surface area contributed by atoms with E-state index in [-0.39, 0.29) is 5.56 Å². The molecule has 0 unspecified atom stereocenters. The number of aryl methyl sites for hydroxylation is 2. The van der Waals surface area contributed by atoms with Gasteiger partial charge in [0.15, 0.2) is 5.65 Å². The highest BCUT2D eigenvalue weighted by atomic mass is 16.5. The molecule has 0 aliphatic heterocycles. The first-order valence-electron chi connectivity index (χ1n) is 8.93. The van der Waals surface area contributed by atoms with Gasteiger partial charge in [-0.05, 0) is 54.8 Å². The molecule has 0 atom stereocenters. The van der Waals surface area contributed by atoms with E-state index in [9.17, 15) is 4.79 Å². The average Bonchev–Trinajstić information content (AvgIpc) is 2.70. The van der Waals surface area contributed by atoms with Crippen molar-refractivity contribution in [3.63, 3.8) is 0 Å². The van der Waals surface area contributed by atoms with E-state index in [4.69, 9.17) is 4.74 Å². The Morgan fingerprint density at radius 3 is 2.54 bits per heavy atom. The maximum Gasteiger partial charge on any atom is 0.262 e. The molecule has 6 heteroatoms. The summed E-state index contributed by atoms with van der Waals surface area (Å²) in [4.78, 5) is 24.5. The van der Waals surface area contributed by atoms with Gasteiger partial charge in [-0.15, -0.1) is 0 Å². The Balaban J connectivity index is 1.78. The zero-order chi connectivity index (χ0) is 19.7. The second-order valence-electron chi connectivity index (χ2n) is 6.64. The van der Waals surface area contributed by atoms with Crippen LogP contribution in [0.15, 0.2) is 59.5 Å². The van der Waals surface area contributed by atoms with Crippen LogP contribution in [0, 0.1) is 13.8 Å². The van der Waals surface area contributed by atoms with Crippen molar-refractivity contribution in [1.82, 2.24) is 15.0 Å². The van der Waals surface area contributed by atoms with E-state index in [0.29, 0.717) is 17.0 Å². The van der Waals surface area contributed by atoms with E-state index in [0.717, 1.165) is 28.1 Å². The van der Waals surface area contributed by atoms with E-state index in [1.54, 1.807) is 13.3 Å². The summed E-state index contributed by atoms with van der Waals surface area (Å²) in [5, 5.41) is 3.64. The minimum Gasteiger partial charge on any atom is -0.497 e. The summed E-state index contributed by atoms with van der Waals surface area (Å²) in [6, 6.07) is 15.4. The number of aromatic nitrogens is 3. The molecule has 4 rings (SSSR count). The summed E-state index contributed by atoms with van der Waals surface area (Å²) in [6.07, 6.45) is 1.66. The fourth-order valence-corrected chi connectivity index (χ4v) is 3.22. The number of fused-ring (bicyclic) bond motifs is 1. The van der Waals surface area contributed by atoms with Gasteiger partial charge in [0.1, 0.15) is 5.75 Å². The first-order valence-corrected chi connectivity index (χ1v) is 8.93. The SMILES string of the molecule is COc1ccc(-c2ccnc3nc(Nc4ccc(C)cc4C)[nH]c(=O)c23)cc1. The number of hydrogen-bond acceptors (Lipinski definition) is 5. The monoisotopic (exact) mass is 372 g/mol. The average molecular weight is 372 g/mol. The topological polar surface area (TPSA) is 79.9 Å². The lowest BCUT2D eigenvalue weighted by Crippen LogP contribution is -2.13. The van der Waals surface area contributed by atoms with Gasteiger partial charge < -0.3 is 10.1 Å². The number of aromatic amines is 1. The Bertz CT molecular complexity index is 1210. The molecule has 0 fully saturated rings. The van der Waals surface area contributed by atoms with Crippen LogP contribution in [-0.4, -0.2) is 22.1 Å². The van der Waals surface area contributed by atoms with Crippen LogP contribution in [0.2, 0.25) is 0 Å². The normalized spacial score (nSPS) is 10.8. The van der Waals surface area contributed by atoms with Crippen LogP contribution in [0.3, 0.4) is 0 Å². The van der Waals surface area contributed by atoms with E-state index in [1.807, 2.05) is 56.3 Å². The maximum atomic E-state index is 12.8. The Morgan fingerprint density at radius 1 is 1.04 bits per heavy atom.